The smallest absolute Gasteiger partial charge is 0.123 e. The highest BCUT2D eigenvalue weighted by atomic mass is 32.1. The third-order valence-corrected chi connectivity index (χ3v) is 3.94. The summed E-state index contributed by atoms with van der Waals surface area (Å²) in [7, 11) is 4.14. The first-order valence-corrected chi connectivity index (χ1v) is 7.53. The molecule has 20 heavy (non-hydrogen) atoms. The van der Waals surface area contributed by atoms with Gasteiger partial charge >= 0.3 is 0 Å². The zero-order valence-corrected chi connectivity index (χ0v) is 12.8. The van der Waals surface area contributed by atoms with Crippen molar-refractivity contribution < 1.29 is 4.74 Å². The van der Waals surface area contributed by atoms with Crippen LogP contribution in [0.15, 0.2) is 30.5 Å². The van der Waals surface area contributed by atoms with Gasteiger partial charge in [-0.1, -0.05) is 0 Å². The van der Waals surface area contributed by atoms with Crippen molar-refractivity contribution in [2.24, 2.45) is 5.73 Å². The van der Waals surface area contributed by atoms with Crippen LogP contribution >= 0.6 is 11.3 Å². The van der Waals surface area contributed by atoms with Crippen molar-refractivity contribution in [1.29, 1.82) is 0 Å². The van der Waals surface area contributed by atoms with Crippen LogP contribution in [0.4, 0.5) is 0 Å². The Hall–Kier alpha value is -1.43. The first-order valence-electron chi connectivity index (χ1n) is 6.72. The van der Waals surface area contributed by atoms with Crippen LogP contribution in [-0.4, -0.2) is 37.1 Å². The molecule has 0 spiro atoms. The molecule has 2 N–H and O–H groups in total. The molecule has 0 radical (unpaired) electrons. The summed E-state index contributed by atoms with van der Waals surface area (Å²) in [5.74, 6) is 0.906. The Balaban J connectivity index is 1.89. The second-order valence-corrected chi connectivity index (χ2v) is 5.98. The van der Waals surface area contributed by atoms with Crippen molar-refractivity contribution in [1.82, 2.24) is 9.88 Å². The molecule has 2 rings (SSSR count). The molecule has 0 fully saturated rings. The number of benzene rings is 1. The predicted octanol–water partition coefficient (Wildman–Crippen LogP) is 2.60. The Morgan fingerprint density at radius 3 is 2.60 bits per heavy atom. The van der Waals surface area contributed by atoms with E-state index in [1.54, 1.807) is 11.3 Å². The number of aromatic nitrogens is 1. The van der Waals surface area contributed by atoms with Crippen LogP contribution in [-0.2, 0) is 6.54 Å². The lowest BCUT2D eigenvalue weighted by Gasteiger charge is -2.10. The maximum Gasteiger partial charge on any atom is 0.123 e. The molecular formula is C15H21N3OS. The molecule has 1 heterocycles. The molecule has 0 amide bonds. The predicted molar refractivity (Wildman–Crippen MR) is 84.1 cm³/mol. The maximum atomic E-state index is 5.71. The molecule has 0 saturated carbocycles. The van der Waals surface area contributed by atoms with Gasteiger partial charge in [0.1, 0.15) is 10.8 Å². The summed E-state index contributed by atoms with van der Waals surface area (Å²) >= 11 is 1.63. The van der Waals surface area contributed by atoms with E-state index in [1.807, 2.05) is 30.5 Å². The minimum absolute atomic E-state index is 0.546. The number of rotatable bonds is 7. The summed E-state index contributed by atoms with van der Waals surface area (Å²) in [6, 6.07) is 8.07. The first-order chi connectivity index (χ1) is 9.69. The summed E-state index contributed by atoms with van der Waals surface area (Å²) in [4.78, 5) is 7.63. The molecule has 5 heteroatoms. The Kier molecular flexibility index (Phi) is 5.52. The van der Waals surface area contributed by atoms with Gasteiger partial charge in [0.15, 0.2) is 0 Å². The van der Waals surface area contributed by atoms with Crippen molar-refractivity contribution in [3.8, 4) is 16.3 Å². The fourth-order valence-electron chi connectivity index (χ4n) is 1.80. The number of ether oxygens (including phenoxy) is 1. The molecule has 1 aromatic carbocycles. The Morgan fingerprint density at radius 1 is 1.25 bits per heavy atom. The highest BCUT2D eigenvalue weighted by Gasteiger charge is 2.04. The van der Waals surface area contributed by atoms with Crippen molar-refractivity contribution in [2.75, 3.05) is 27.2 Å². The molecule has 0 bridgehead atoms. The van der Waals surface area contributed by atoms with Gasteiger partial charge in [-0.15, -0.1) is 11.3 Å². The molecule has 0 aliphatic heterocycles. The highest BCUT2D eigenvalue weighted by molar-refractivity contribution is 7.15. The third kappa shape index (κ3) is 4.30. The van der Waals surface area contributed by atoms with E-state index in [-0.39, 0.29) is 0 Å². The SMILES string of the molecule is CN(C)CCCOc1ccc(-c2ncc(CN)s2)cc1. The van der Waals surface area contributed by atoms with E-state index >= 15 is 0 Å². The van der Waals surface area contributed by atoms with Gasteiger partial charge in [0.25, 0.3) is 0 Å². The van der Waals surface area contributed by atoms with Gasteiger partial charge < -0.3 is 15.4 Å². The largest absolute Gasteiger partial charge is 0.494 e. The standard InChI is InChI=1S/C15H21N3OS/c1-18(2)8-3-9-19-13-6-4-12(5-7-13)15-17-11-14(10-16)20-15/h4-7,11H,3,8-10,16H2,1-2H3. The van der Waals surface area contributed by atoms with Gasteiger partial charge in [-0.3, -0.25) is 0 Å². The van der Waals surface area contributed by atoms with Crippen LogP contribution in [0, 0.1) is 0 Å². The third-order valence-electron chi connectivity index (χ3n) is 2.87. The summed E-state index contributed by atoms with van der Waals surface area (Å²) in [6.07, 6.45) is 2.87. The van der Waals surface area contributed by atoms with E-state index in [0.717, 1.165) is 40.8 Å². The van der Waals surface area contributed by atoms with Crippen molar-refractivity contribution in [3.63, 3.8) is 0 Å². The lowest BCUT2D eigenvalue weighted by Crippen LogP contribution is -2.15. The lowest BCUT2D eigenvalue weighted by molar-refractivity contribution is 0.281. The molecule has 0 unspecified atom stereocenters. The fraction of sp³-hybridized carbons (Fsp3) is 0.400. The molecule has 108 valence electrons. The Morgan fingerprint density at radius 2 is 2.00 bits per heavy atom. The number of thiazole rings is 1. The van der Waals surface area contributed by atoms with Crippen LogP contribution in [0.25, 0.3) is 10.6 Å². The molecule has 2 aromatic rings. The summed E-state index contributed by atoms with van der Waals surface area (Å²) in [5, 5.41) is 1.00. The van der Waals surface area contributed by atoms with Gasteiger partial charge in [0.2, 0.25) is 0 Å². The van der Waals surface area contributed by atoms with E-state index in [2.05, 4.69) is 24.0 Å². The molecule has 0 saturated heterocycles. The molecular weight excluding hydrogens is 270 g/mol. The average Bonchev–Trinajstić information content (AvgIpc) is 2.93. The Bertz CT molecular complexity index is 522. The molecule has 1 aromatic heterocycles. The van der Waals surface area contributed by atoms with Gasteiger partial charge in [-0.25, -0.2) is 4.98 Å². The molecule has 4 nitrogen and oxygen atoms in total. The van der Waals surface area contributed by atoms with Crippen LogP contribution in [0.5, 0.6) is 5.75 Å². The van der Waals surface area contributed by atoms with Crippen molar-refractivity contribution in [2.45, 2.75) is 13.0 Å². The second kappa shape index (κ2) is 7.38. The normalized spacial score (nSPS) is 11.0. The monoisotopic (exact) mass is 291 g/mol. The number of nitrogens with two attached hydrogens (primary N) is 1. The fourth-order valence-corrected chi connectivity index (χ4v) is 2.60. The molecule has 0 atom stereocenters. The second-order valence-electron chi connectivity index (χ2n) is 4.87. The van der Waals surface area contributed by atoms with Gasteiger partial charge in [-0.05, 0) is 44.8 Å². The number of hydrogen-bond acceptors (Lipinski definition) is 5. The highest BCUT2D eigenvalue weighted by Crippen LogP contribution is 2.26. The number of nitrogens with zero attached hydrogens (tertiary/aromatic N) is 2. The van der Waals surface area contributed by atoms with Crippen LogP contribution in [0.1, 0.15) is 11.3 Å². The van der Waals surface area contributed by atoms with Crippen molar-refractivity contribution >= 4 is 11.3 Å². The van der Waals surface area contributed by atoms with E-state index in [4.69, 9.17) is 10.5 Å². The topological polar surface area (TPSA) is 51.4 Å². The minimum Gasteiger partial charge on any atom is -0.494 e. The van der Waals surface area contributed by atoms with E-state index in [1.165, 1.54) is 0 Å². The van der Waals surface area contributed by atoms with Crippen LogP contribution < -0.4 is 10.5 Å². The van der Waals surface area contributed by atoms with Gasteiger partial charge in [0.05, 0.1) is 6.61 Å². The van der Waals surface area contributed by atoms with Gasteiger partial charge in [0, 0.05) is 29.7 Å². The first kappa shape index (κ1) is 15.0. The molecule has 0 aliphatic carbocycles. The van der Waals surface area contributed by atoms with E-state index in [0.29, 0.717) is 6.54 Å². The minimum atomic E-state index is 0.546. The summed E-state index contributed by atoms with van der Waals surface area (Å²) in [5.41, 5.74) is 6.71. The molecule has 0 aliphatic rings. The zero-order chi connectivity index (χ0) is 14.4. The Labute approximate surface area is 124 Å². The number of hydrogen-bond donors (Lipinski definition) is 1. The van der Waals surface area contributed by atoms with Crippen LogP contribution in [0.2, 0.25) is 0 Å². The summed E-state index contributed by atoms with van der Waals surface area (Å²) in [6.45, 7) is 2.33. The average molecular weight is 291 g/mol. The summed E-state index contributed by atoms with van der Waals surface area (Å²) < 4.78 is 5.71. The lowest BCUT2D eigenvalue weighted by atomic mass is 10.2. The zero-order valence-electron chi connectivity index (χ0n) is 12.0. The van der Waals surface area contributed by atoms with Crippen molar-refractivity contribution in [3.05, 3.63) is 35.3 Å². The quantitative estimate of drug-likeness (QED) is 0.797. The van der Waals surface area contributed by atoms with E-state index in [9.17, 15) is 0 Å². The van der Waals surface area contributed by atoms with Gasteiger partial charge in [-0.2, -0.15) is 0 Å². The van der Waals surface area contributed by atoms with E-state index < -0.39 is 0 Å². The maximum absolute atomic E-state index is 5.71. The van der Waals surface area contributed by atoms with Crippen LogP contribution in [0.3, 0.4) is 0 Å².